The van der Waals surface area contributed by atoms with E-state index in [1.165, 1.54) is 0 Å². The van der Waals surface area contributed by atoms with Gasteiger partial charge in [-0.15, -0.1) is 0 Å². The van der Waals surface area contributed by atoms with Crippen molar-refractivity contribution in [2.45, 2.75) is 71.6 Å². The van der Waals surface area contributed by atoms with Crippen LogP contribution in [0.15, 0.2) is 0 Å². The first-order valence-electron chi connectivity index (χ1n) is 7.06. The average molecular weight is 306 g/mol. The van der Waals surface area contributed by atoms with Gasteiger partial charge in [-0.25, -0.2) is 0 Å². The van der Waals surface area contributed by atoms with E-state index in [0.717, 1.165) is 12.8 Å². The van der Waals surface area contributed by atoms with Gasteiger partial charge in [-0.2, -0.15) is 17.9 Å². The summed E-state index contributed by atoms with van der Waals surface area (Å²) in [5.41, 5.74) is -0.641. The monoisotopic (exact) mass is 306 g/mol. The van der Waals surface area contributed by atoms with E-state index in [1.54, 1.807) is 20.8 Å². The number of nitrogens with one attached hydrogen (secondary N) is 2. The third-order valence-electron chi connectivity index (χ3n) is 3.05. The van der Waals surface area contributed by atoms with Crippen LogP contribution in [0.25, 0.3) is 0 Å². The molecule has 1 aliphatic carbocycles. The molecule has 1 fully saturated rings. The third kappa shape index (κ3) is 6.19. The van der Waals surface area contributed by atoms with Gasteiger partial charge in [-0.3, -0.25) is 4.79 Å². The molecular weight excluding hydrogens is 280 g/mol. The van der Waals surface area contributed by atoms with Crippen LogP contribution >= 0.6 is 0 Å². The van der Waals surface area contributed by atoms with Gasteiger partial charge in [0.25, 0.3) is 10.2 Å². The second-order valence-electron chi connectivity index (χ2n) is 6.41. The van der Waals surface area contributed by atoms with E-state index in [4.69, 9.17) is 4.74 Å². The minimum absolute atomic E-state index is 0.00344. The number of hydrogen-bond acceptors (Lipinski definition) is 4. The lowest BCUT2D eigenvalue weighted by atomic mass is 10.00. The molecule has 0 aromatic carbocycles. The molecular formula is C13H26N2O4S. The fraction of sp³-hybridized carbons (Fsp3) is 0.923. The van der Waals surface area contributed by atoms with Crippen molar-refractivity contribution in [3.63, 3.8) is 0 Å². The molecule has 0 radical (unpaired) electrons. The van der Waals surface area contributed by atoms with E-state index in [0.29, 0.717) is 6.42 Å². The molecule has 1 aliphatic rings. The maximum atomic E-state index is 12.2. The summed E-state index contributed by atoms with van der Waals surface area (Å²) in [6.07, 6.45) is 2.37. The summed E-state index contributed by atoms with van der Waals surface area (Å²) in [5, 5.41) is 0. The zero-order valence-corrected chi connectivity index (χ0v) is 13.7. The molecule has 20 heavy (non-hydrogen) atoms. The molecule has 6 nitrogen and oxygen atoms in total. The minimum atomic E-state index is -3.67. The summed E-state index contributed by atoms with van der Waals surface area (Å²) in [6.45, 7) is 9.01. The van der Waals surface area contributed by atoms with Crippen LogP contribution in [0.5, 0.6) is 0 Å². The molecule has 0 spiro atoms. The highest BCUT2D eigenvalue weighted by molar-refractivity contribution is 7.87. The Hall–Kier alpha value is -0.660. The fourth-order valence-corrected chi connectivity index (χ4v) is 3.02. The molecule has 0 aromatic heterocycles. The Bertz CT molecular complexity index is 438. The number of rotatable bonds is 7. The molecule has 0 aromatic rings. The van der Waals surface area contributed by atoms with Crippen molar-refractivity contribution in [2.24, 2.45) is 5.92 Å². The van der Waals surface area contributed by atoms with E-state index in [1.807, 2.05) is 13.8 Å². The lowest BCUT2D eigenvalue weighted by Gasteiger charge is -2.27. The van der Waals surface area contributed by atoms with Crippen LogP contribution in [0, 0.1) is 5.92 Å². The topological polar surface area (TPSA) is 84.5 Å². The van der Waals surface area contributed by atoms with Crippen LogP contribution in [0.1, 0.15) is 53.9 Å². The Morgan fingerprint density at radius 1 is 1.35 bits per heavy atom. The smallest absolute Gasteiger partial charge is 0.325 e. The molecule has 0 saturated heterocycles. The molecule has 0 aliphatic heterocycles. The van der Waals surface area contributed by atoms with Gasteiger partial charge >= 0.3 is 5.97 Å². The van der Waals surface area contributed by atoms with E-state index in [2.05, 4.69) is 9.44 Å². The second-order valence-corrected chi connectivity index (χ2v) is 7.89. The largest absolute Gasteiger partial charge is 0.459 e. The normalized spacial score (nSPS) is 19.4. The predicted molar refractivity (Wildman–Crippen MR) is 77.3 cm³/mol. The van der Waals surface area contributed by atoms with Crippen molar-refractivity contribution in [3.05, 3.63) is 0 Å². The lowest BCUT2D eigenvalue weighted by molar-refractivity contribution is -0.158. The number of ether oxygens (including phenoxy) is 1. The highest BCUT2D eigenvalue weighted by atomic mass is 32.2. The van der Waals surface area contributed by atoms with Crippen LogP contribution in [0.3, 0.4) is 0 Å². The molecule has 7 heteroatoms. The van der Waals surface area contributed by atoms with Crippen LogP contribution in [-0.4, -0.2) is 32.1 Å². The number of hydrogen-bond donors (Lipinski definition) is 2. The lowest BCUT2D eigenvalue weighted by Crippen LogP contribution is -2.51. The van der Waals surface area contributed by atoms with Crippen molar-refractivity contribution < 1.29 is 17.9 Å². The fourth-order valence-electron chi connectivity index (χ4n) is 1.62. The Morgan fingerprint density at radius 3 is 2.30 bits per heavy atom. The standard InChI is InChI=1S/C13H26N2O4S/c1-6-9(2)11(12(16)19-13(3,4)5)15-20(17,18)14-10-7-8-10/h9-11,14-15H,6-8H2,1-5H3/t9-,11-/m0/s1. The van der Waals surface area contributed by atoms with Gasteiger partial charge in [0.15, 0.2) is 0 Å². The van der Waals surface area contributed by atoms with Crippen molar-refractivity contribution in [2.75, 3.05) is 0 Å². The highest BCUT2D eigenvalue weighted by Crippen LogP contribution is 2.20. The van der Waals surface area contributed by atoms with Crippen molar-refractivity contribution in [1.82, 2.24) is 9.44 Å². The summed E-state index contributed by atoms with van der Waals surface area (Å²) in [7, 11) is -3.67. The Kier molecular flexibility index (Phi) is 5.57. The van der Waals surface area contributed by atoms with Crippen LogP contribution in [0.2, 0.25) is 0 Å². The Labute approximate surface area is 121 Å². The maximum Gasteiger partial charge on any atom is 0.325 e. The Balaban J connectivity index is 2.75. The number of esters is 1. The van der Waals surface area contributed by atoms with Crippen molar-refractivity contribution in [3.8, 4) is 0 Å². The van der Waals surface area contributed by atoms with Gasteiger partial charge in [-0.1, -0.05) is 20.3 Å². The van der Waals surface area contributed by atoms with Crippen molar-refractivity contribution in [1.29, 1.82) is 0 Å². The summed E-state index contributed by atoms with van der Waals surface area (Å²) < 4.78 is 34.1. The van der Waals surface area contributed by atoms with Gasteiger partial charge < -0.3 is 4.74 Å². The first kappa shape index (κ1) is 17.4. The van der Waals surface area contributed by atoms with Crippen LogP contribution in [-0.2, 0) is 19.7 Å². The van der Waals surface area contributed by atoms with Gasteiger partial charge in [0, 0.05) is 6.04 Å². The average Bonchev–Trinajstić information content (AvgIpc) is 3.05. The van der Waals surface area contributed by atoms with Crippen molar-refractivity contribution >= 4 is 16.2 Å². The van der Waals surface area contributed by atoms with Gasteiger partial charge in [-0.05, 0) is 39.5 Å². The second kappa shape index (κ2) is 6.41. The van der Waals surface area contributed by atoms with E-state index in [-0.39, 0.29) is 12.0 Å². The minimum Gasteiger partial charge on any atom is -0.459 e. The number of carbonyl (C=O) groups is 1. The molecule has 0 amide bonds. The van der Waals surface area contributed by atoms with Crippen LogP contribution in [0.4, 0.5) is 0 Å². The zero-order valence-electron chi connectivity index (χ0n) is 12.9. The highest BCUT2D eigenvalue weighted by Gasteiger charge is 2.34. The van der Waals surface area contributed by atoms with Gasteiger partial charge in [0.2, 0.25) is 0 Å². The predicted octanol–water partition coefficient (Wildman–Crippen LogP) is 1.33. The zero-order chi connectivity index (χ0) is 15.6. The molecule has 0 heterocycles. The summed E-state index contributed by atoms with van der Waals surface area (Å²) in [5.74, 6) is -0.673. The SMILES string of the molecule is CC[C@H](C)[C@H](NS(=O)(=O)NC1CC1)C(=O)OC(C)(C)C. The van der Waals surface area contributed by atoms with Gasteiger partial charge in [0.05, 0.1) is 0 Å². The summed E-state index contributed by atoms with van der Waals surface area (Å²) in [4.78, 5) is 12.2. The molecule has 2 N–H and O–H groups in total. The van der Waals surface area contributed by atoms with Crippen LogP contribution < -0.4 is 9.44 Å². The molecule has 0 bridgehead atoms. The maximum absolute atomic E-state index is 12.2. The summed E-state index contributed by atoms with van der Waals surface area (Å²) >= 11 is 0. The van der Waals surface area contributed by atoms with E-state index >= 15 is 0 Å². The van der Waals surface area contributed by atoms with Gasteiger partial charge in [0.1, 0.15) is 11.6 Å². The molecule has 1 saturated carbocycles. The quantitative estimate of drug-likeness (QED) is 0.695. The third-order valence-corrected chi connectivity index (χ3v) is 4.26. The molecule has 118 valence electrons. The van der Waals surface area contributed by atoms with E-state index < -0.39 is 27.8 Å². The number of carbonyl (C=O) groups excluding carboxylic acids is 1. The molecule has 2 atom stereocenters. The Morgan fingerprint density at radius 2 is 1.90 bits per heavy atom. The summed E-state index contributed by atoms with van der Waals surface area (Å²) in [6, 6.07) is -0.862. The molecule has 1 rings (SSSR count). The first-order valence-corrected chi connectivity index (χ1v) is 8.55. The van der Waals surface area contributed by atoms with E-state index in [9.17, 15) is 13.2 Å². The first-order chi connectivity index (χ1) is 9.04. The molecule has 0 unspecified atom stereocenters.